The average Bonchev–Trinajstić information content (AvgIpc) is 3.66. The second kappa shape index (κ2) is 10.7. The minimum absolute atomic E-state index is 0.0135. The van der Waals surface area contributed by atoms with Crippen LogP contribution in [0, 0.1) is 17.2 Å². The fourth-order valence-corrected chi connectivity index (χ4v) is 4.58. The number of rotatable bonds is 10. The van der Waals surface area contributed by atoms with Crippen LogP contribution in [0.5, 0.6) is 11.5 Å². The fourth-order valence-electron chi connectivity index (χ4n) is 4.58. The summed E-state index contributed by atoms with van der Waals surface area (Å²) in [5.41, 5.74) is 3.71. The summed E-state index contributed by atoms with van der Waals surface area (Å²) < 4.78 is 26.2. The van der Waals surface area contributed by atoms with E-state index < -0.39 is 5.97 Å². The van der Waals surface area contributed by atoms with Crippen LogP contribution in [0.4, 0.5) is 4.39 Å². The van der Waals surface area contributed by atoms with Gasteiger partial charge in [0.1, 0.15) is 23.9 Å². The van der Waals surface area contributed by atoms with E-state index in [1.165, 1.54) is 6.07 Å². The van der Waals surface area contributed by atoms with Crippen molar-refractivity contribution in [1.29, 1.82) is 0 Å². The van der Waals surface area contributed by atoms with Crippen LogP contribution in [0.15, 0.2) is 54.6 Å². The molecule has 0 aliphatic heterocycles. The third-order valence-electron chi connectivity index (χ3n) is 6.45. The summed E-state index contributed by atoms with van der Waals surface area (Å²) in [7, 11) is 1.56. The number of nitrogens with zero attached hydrogens (tertiary/aromatic N) is 1. The zero-order chi connectivity index (χ0) is 25.9. The summed E-state index contributed by atoms with van der Waals surface area (Å²) in [5, 5.41) is 9.33. The van der Waals surface area contributed by atoms with Gasteiger partial charge in [0, 0.05) is 16.8 Å². The van der Waals surface area contributed by atoms with Crippen LogP contribution in [-0.4, -0.2) is 23.2 Å². The summed E-state index contributed by atoms with van der Waals surface area (Å²) in [6, 6.07) is 16.2. The number of ether oxygens (including phenoxy) is 2. The number of pyridine rings is 1. The monoisotopic (exact) mass is 491 g/mol. The molecule has 1 aromatic heterocycles. The van der Waals surface area contributed by atoms with Gasteiger partial charge in [-0.25, -0.2) is 4.39 Å². The smallest absolute Gasteiger partial charge is 0.303 e. The maximum absolute atomic E-state index is 14.8. The Bertz CT molecular complexity index is 1230. The highest BCUT2D eigenvalue weighted by molar-refractivity contribution is 5.69. The van der Waals surface area contributed by atoms with Crippen molar-refractivity contribution >= 4 is 5.97 Å². The highest BCUT2D eigenvalue weighted by atomic mass is 19.1. The Morgan fingerprint density at radius 1 is 1.08 bits per heavy atom. The number of halogens is 1. The maximum Gasteiger partial charge on any atom is 0.303 e. The Balaban J connectivity index is 1.57. The molecule has 1 aliphatic rings. The van der Waals surface area contributed by atoms with Crippen LogP contribution in [0.3, 0.4) is 0 Å². The van der Waals surface area contributed by atoms with Crippen molar-refractivity contribution in [2.75, 3.05) is 7.11 Å². The van der Waals surface area contributed by atoms with Crippen LogP contribution in [0.1, 0.15) is 62.9 Å². The number of hydrogen-bond donors (Lipinski definition) is 1. The van der Waals surface area contributed by atoms with Gasteiger partial charge in [0.05, 0.1) is 19.2 Å². The number of carboxylic acids is 1. The zero-order valence-electron chi connectivity index (χ0n) is 21.4. The third-order valence-corrected chi connectivity index (χ3v) is 6.45. The minimum Gasteiger partial charge on any atom is -0.497 e. The van der Waals surface area contributed by atoms with Crippen molar-refractivity contribution in [2.24, 2.45) is 11.3 Å². The van der Waals surface area contributed by atoms with Crippen molar-refractivity contribution in [2.45, 2.75) is 59.0 Å². The number of carboxylic acid groups (broad SMARTS) is 1. The molecular formula is C30H34FNO4. The molecule has 1 atom stereocenters. The average molecular weight is 492 g/mol. The van der Waals surface area contributed by atoms with Crippen molar-refractivity contribution in [1.82, 2.24) is 4.98 Å². The first kappa shape index (κ1) is 25.7. The highest BCUT2D eigenvalue weighted by Gasteiger charge is 2.33. The van der Waals surface area contributed by atoms with Crippen molar-refractivity contribution in [3.63, 3.8) is 0 Å². The molecule has 4 rings (SSSR count). The van der Waals surface area contributed by atoms with Gasteiger partial charge in [0.2, 0.25) is 0 Å². The van der Waals surface area contributed by atoms with Crippen LogP contribution < -0.4 is 9.47 Å². The Labute approximate surface area is 212 Å². The first-order chi connectivity index (χ1) is 17.1. The lowest BCUT2D eigenvalue weighted by Crippen LogP contribution is -2.13. The van der Waals surface area contributed by atoms with Crippen molar-refractivity contribution in [3.8, 4) is 22.6 Å². The molecule has 0 unspecified atom stereocenters. The third kappa shape index (κ3) is 6.62. The Morgan fingerprint density at radius 3 is 2.53 bits per heavy atom. The van der Waals surface area contributed by atoms with Gasteiger partial charge in [-0.15, -0.1) is 0 Å². The summed E-state index contributed by atoms with van der Waals surface area (Å²) in [4.78, 5) is 16.2. The molecule has 36 heavy (non-hydrogen) atoms. The molecule has 5 nitrogen and oxygen atoms in total. The van der Waals surface area contributed by atoms with Gasteiger partial charge in [-0.3, -0.25) is 9.78 Å². The number of hydrogen-bond acceptors (Lipinski definition) is 4. The largest absolute Gasteiger partial charge is 0.497 e. The second-order valence-electron chi connectivity index (χ2n) is 10.8. The Morgan fingerprint density at radius 2 is 1.86 bits per heavy atom. The predicted molar refractivity (Wildman–Crippen MR) is 138 cm³/mol. The van der Waals surface area contributed by atoms with Gasteiger partial charge in [-0.05, 0) is 78.5 Å². The molecule has 1 fully saturated rings. The molecular weight excluding hydrogens is 457 g/mol. The Hall–Kier alpha value is -3.41. The van der Waals surface area contributed by atoms with E-state index in [-0.39, 0.29) is 30.2 Å². The molecule has 1 N–H and O–H groups in total. The lowest BCUT2D eigenvalue weighted by Gasteiger charge is -2.21. The summed E-state index contributed by atoms with van der Waals surface area (Å²) in [5.74, 6) is 0.627. The standard InChI is InChI=1S/C30H34FNO4/c1-30(2,3)17-28-24(26-15-22(35-4)11-13-27(26)31)12-10-21(32-28)18-36-23-7-5-6-20(14-23)25(16-29(33)34)19-8-9-19/h5-7,10-15,19,25H,8-9,16-18H2,1-4H3,(H,33,34)/t25-/m0/s1. The van der Waals surface area contributed by atoms with Crippen molar-refractivity contribution < 1.29 is 23.8 Å². The second-order valence-corrected chi connectivity index (χ2v) is 10.8. The van der Waals surface area contributed by atoms with Gasteiger partial charge in [-0.2, -0.15) is 0 Å². The molecule has 1 saturated carbocycles. The molecule has 6 heteroatoms. The van der Waals surface area contributed by atoms with Gasteiger partial charge in [0.15, 0.2) is 0 Å². The van der Waals surface area contributed by atoms with Gasteiger partial charge in [-0.1, -0.05) is 39.0 Å². The van der Waals surface area contributed by atoms with E-state index in [0.29, 0.717) is 29.4 Å². The van der Waals surface area contributed by atoms with E-state index in [1.54, 1.807) is 19.2 Å². The number of benzene rings is 2. The molecule has 3 aromatic rings. The molecule has 0 bridgehead atoms. The summed E-state index contributed by atoms with van der Waals surface area (Å²) in [6.45, 7) is 6.64. The number of aromatic nitrogens is 1. The fraction of sp³-hybridized carbons (Fsp3) is 0.400. The Kier molecular flexibility index (Phi) is 7.62. The normalized spacial score (nSPS) is 14.4. The highest BCUT2D eigenvalue weighted by Crippen LogP contribution is 2.45. The maximum atomic E-state index is 14.8. The van der Waals surface area contributed by atoms with Crippen LogP contribution in [0.2, 0.25) is 0 Å². The number of methoxy groups -OCH3 is 1. The summed E-state index contributed by atoms with van der Waals surface area (Å²) in [6.07, 6.45) is 2.95. The van der Waals surface area contributed by atoms with E-state index in [0.717, 1.165) is 35.4 Å². The van der Waals surface area contributed by atoms with E-state index in [2.05, 4.69) is 20.8 Å². The SMILES string of the molecule is COc1ccc(F)c(-c2ccc(COc3cccc([C@@H](CC(=O)O)C4CC4)c3)nc2CC(C)(C)C)c1. The number of carbonyl (C=O) groups is 1. The molecule has 1 heterocycles. The molecule has 2 aromatic carbocycles. The molecule has 0 amide bonds. The lowest BCUT2D eigenvalue weighted by molar-refractivity contribution is -0.137. The molecule has 0 spiro atoms. The van der Waals surface area contributed by atoms with Crippen LogP contribution in [0.25, 0.3) is 11.1 Å². The zero-order valence-corrected chi connectivity index (χ0v) is 21.4. The topological polar surface area (TPSA) is 68.7 Å². The van der Waals surface area contributed by atoms with E-state index in [1.807, 2.05) is 36.4 Å². The molecule has 190 valence electrons. The molecule has 0 saturated heterocycles. The quantitative estimate of drug-likeness (QED) is 0.330. The summed E-state index contributed by atoms with van der Waals surface area (Å²) >= 11 is 0. The predicted octanol–water partition coefficient (Wildman–Crippen LogP) is 7.03. The van der Waals surface area contributed by atoms with Crippen LogP contribution >= 0.6 is 0 Å². The van der Waals surface area contributed by atoms with Gasteiger partial charge in [0.25, 0.3) is 0 Å². The first-order valence-corrected chi connectivity index (χ1v) is 12.4. The van der Waals surface area contributed by atoms with Crippen molar-refractivity contribution in [3.05, 3.63) is 77.4 Å². The van der Waals surface area contributed by atoms with Gasteiger partial charge >= 0.3 is 5.97 Å². The molecule has 1 aliphatic carbocycles. The van der Waals surface area contributed by atoms with E-state index >= 15 is 0 Å². The molecule has 0 radical (unpaired) electrons. The van der Waals surface area contributed by atoms with E-state index in [9.17, 15) is 14.3 Å². The minimum atomic E-state index is -0.777. The van der Waals surface area contributed by atoms with E-state index in [4.69, 9.17) is 14.5 Å². The number of aliphatic carboxylic acids is 1. The van der Waals surface area contributed by atoms with Crippen LogP contribution in [-0.2, 0) is 17.8 Å². The lowest BCUT2D eigenvalue weighted by atomic mass is 9.87. The first-order valence-electron chi connectivity index (χ1n) is 12.4. The van der Waals surface area contributed by atoms with Gasteiger partial charge < -0.3 is 14.6 Å².